The lowest BCUT2D eigenvalue weighted by molar-refractivity contribution is -0.118. The van der Waals surface area contributed by atoms with Crippen LogP contribution in [0.2, 0.25) is 0 Å². The molecule has 1 unspecified atom stereocenters. The van der Waals surface area contributed by atoms with E-state index in [2.05, 4.69) is 5.32 Å². The van der Waals surface area contributed by atoms with Gasteiger partial charge in [0.15, 0.2) is 6.29 Å². The van der Waals surface area contributed by atoms with E-state index in [0.717, 1.165) is 0 Å². The first-order valence-electron chi connectivity index (χ1n) is 5.16. The Hall–Kier alpha value is -1.39. The molecule has 4 nitrogen and oxygen atoms in total. The number of amides is 1. The maximum absolute atomic E-state index is 11.4. The molecule has 0 aliphatic rings. The Morgan fingerprint density at radius 3 is 2.31 bits per heavy atom. The van der Waals surface area contributed by atoms with Crippen molar-refractivity contribution in [3.8, 4) is 0 Å². The zero-order valence-corrected chi connectivity index (χ0v) is 9.73. The second-order valence-corrected chi connectivity index (χ2v) is 3.85. The van der Waals surface area contributed by atoms with Crippen LogP contribution in [0, 0.1) is 5.92 Å². The van der Waals surface area contributed by atoms with E-state index >= 15 is 0 Å². The minimum Gasteiger partial charge on any atom is -0.364 e. The van der Waals surface area contributed by atoms with Crippen molar-refractivity contribution in [3.63, 3.8) is 0 Å². The lowest BCUT2D eigenvalue weighted by Crippen LogP contribution is -2.17. The van der Waals surface area contributed by atoms with E-state index < -0.39 is 6.29 Å². The summed E-state index contributed by atoms with van der Waals surface area (Å²) < 4.78 is 4.76. The van der Waals surface area contributed by atoms with Gasteiger partial charge in [-0.15, -0.1) is 0 Å². The van der Waals surface area contributed by atoms with Crippen molar-refractivity contribution < 1.29 is 14.6 Å². The number of nitrogens with one attached hydrogen (secondary N) is 1. The molecule has 2 N–H and O–H groups in total. The number of carbonyl (C=O) groups is 1. The van der Waals surface area contributed by atoms with Crippen LogP contribution in [0.15, 0.2) is 24.3 Å². The predicted octanol–water partition coefficient (Wildman–Crippen LogP) is 1.92. The highest BCUT2D eigenvalue weighted by Crippen LogP contribution is 2.16. The van der Waals surface area contributed by atoms with Crippen LogP contribution in [0.25, 0.3) is 0 Å². The van der Waals surface area contributed by atoms with Crippen molar-refractivity contribution in [2.45, 2.75) is 20.1 Å². The van der Waals surface area contributed by atoms with Gasteiger partial charge in [0.2, 0.25) is 5.91 Å². The Balaban J connectivity index is 2.68. The largest absolute Gasteiger partial charge is 0.364 e. The molecule has 88 valence electrons. The molecule has 1 aromatic rings. The fourth-order valence-corrected chi connectivity index (χ4v) is 1.15. The molecule has 1 amide bonds. The van der Waals surface area contributed by atoms with Crippen LogP contribution in [-0.4, -0.2) is 18.1 Å². The maximum atomic E-state index is 11.4. The topological polar surface area (TPSA) is 58.6 Å². The van der Waals surface area contributed by atoms with Crippen molar-refractivity contribution in [1.82, 2.24) is 0 Å². The van der Waals surface area contributed by atoms with E-state index in [1.165, 1.54) is 7.11 Å². The summed E-state index contributed by atoms with van der Waals surface area (Å²) in [6.07, 6.45) is -0.921. The number of hydrogen-bond acceptors (Lipinski definition) is 3. The first kappa shape index (κ1) is 12.7. The molecule has 1 rings (SSSR count). The Labute approximate surface area is 95.2 Å². The highest BCUT2D eigenvalue weighted by molar-refractivity contribution is 5.91. The Kier molecular flexibility index (Phi) is 4.46. The molecule has 1 atom stereocenters. The minimum atomic E-state index is -0.921. The molecule has 1 aromatic carbocycles. The van der Waals surface area contributed by atoms with Gasteiger partial charge < -0.3 is 15.2 Å². The third-order valence-corrected chi connectivity index (χ3v) is 2.21. The third-order valence-electron chi connectivity index (χ3n) is 2.21. The average Bonchev–Trinajstić information content (AvgIpc) is 2.28. The number of aliphatic hydroxyl groups excluding tert-OH is 1. The Bertz CT molecular complexity index is 346. The number of carbonyl (C=O) groups excluding carboxylic acids is 1. The van der Waals surface area contributed by atoms with Gasteiger partial charge in [-0.2, -0.15) is 0 Å². The maximum Gasteiger partial charge on any atom is 0.226 e. The highest BCUT2D eigenvalue weighted by atomic mass is 16.6. The third kappa shape index (κ3) is 3.32. The van der Waals surface area contributed by atoms with Gasteiger partial charge in [0, 0.05) is 24.3 Å². The van der Waals surface area contributed by atoms with E-state index in [0.29, 0.717) is 11.3 Å². The molecule has 0 aliphatic carbocycles. The molecular formula is C12H17NO3. The van der Waals surface area contributed by atoms with Gasteiger partial charge in [0.25, 0.3) is 0 Å². The van der Waals surface area contributed by atoms with E-state index in [9.17, 15) is 9.90 Å². The number of benzene rings is 1. The summed E-state index contributed by atoms with van der Waals surface area (Å²) in [7, 11) is 1.43. The molecule has 0 aromatic heterocycles. The minimum absolute atomic E-state index is 0.0277. The molecule has 0 fully saturated rings. The standard InChI is InChI=1S/C12H17NO3/c1-8(2)11(14)13-10-6-4-9(5-7-10)12(15)16-3/h4-8,12,15H,1-3H3,(H,13,14). The van der Waals surface area contributed by atoms with Gasteiger partial charge in [-0.1, -0.05) is 26.0 Å². The monoisotopic (exact) mass is 223 g/mol. The van der Waals surface area contributed by atoms with Crippen molar-refractivity contribution in [3.05, 3.63) is 29.8 Å². The smallest absolute Gasteiger partial charge is 0.226 e. The summed E-state index contributed by atoms with van der Waals surface area (Å²) >= 11 is 0. The van der Waals surface area contributed by atoms with Gasteiger partial charge in [0.05, 0.1) is 0 Å². The average molecular weight is 223 g/mol. The first-order valence-corrected chi connectivity index (χ1v) is 5.16. The zero-order chi connectivity index (χ0) is 12.1. The molecule has 0 spiro atoms. The van der Waals surface area contributed by atoms with E-state index in [4.69, 9.17) is 4.74 Å². The van der Waals surface area contributed by atoms with Crippen molar-refractivity contribution in [1.29, 1.82) is 0 Å². The Morgan fingerprint density at radius 1 is 1.31 bits per heavy atom. The van der Waals surface area contributed by atoms with Crippen LogP contribution in [0.3, 0.4) is 0 Å². The van der Waals surface area contributed by atoms with Gasteiger partial charge >= 0.3 is 0 Å². The van der Waals surface area contributed by atoms with Crippen molar-refractivity contribution >= 4 is 11.6 Å². The normalized spacial score (nSPS) is 12.6. The number of aliphatic hydroxyl groups is 1. The summed E-state index contributed by atoms with van der Waals surface area (Å²) in [6, 6.07) is 6.89. The molecule has 0 saturated carbocycles. The Morgan fingerprint density at radius 2 is 1.88 bits per heavy atom. The van der Waals surface area contributed by atoms with Crippen LogP contribution >= 0.6 is 0 Å². The number of rotatable bonds is 4. The molecule has 0 bridgehead atoms. The summed E-state index contributed by atoms with van der Waals surface area (Å²) in [6.45, 7) is 3.66. The summed E-state index contributed by atoms with van der Waals surface area (Å²) in [5, 5.41) is 12.1. The fourth-order valence-electron chi connectivity index (χ4n) is 1.15. The first-order chi connectivity index (χ1) is 7.54. The second kappa shape index (κ2) is 5.63. The lowest BCUT2D eigenvalue weighted by Gasteiger charge is -2.11. The zero-order valence-electron chi connectivity index (χ0n) is 9.73. The van der Waals surface area contributed by atoms with Crippen molar-refractivity contribution in [2.75, 3.05) is 12.4 Å². The molecule has 16 heavy (non-hydrogen) atoms. The molecule has 0 saturated heterocycles. The van der Waals surface area contributed by atoms with Crippen LogP contribution in [0.4, 0.5) is 5.69 Å². The summed E-state index contributed by atoms with van der Waals surface area (Å²) in [4.78, 5) is 11.4. The van der Waals surface area contributed by atoms with Crippen LogP contribution in [-0.2, 0) is 9.53 Å². The number of hydrogen-bond donors (Lipinski definition) is 2. The van der Waals surface area contributed by atoms with Crippen LogP contribution in [0.5, 0.6) is 0 Å². The summed E-state index contributed by atoms with van der Waals surface area (Å²) in [5.74, 6) is -0.0794. The number of ether oxygens (including phenoxy) is 1. The van der Waals surface area contributed by atoms with Crippen LogP contribution < -0.4 is 5.32 Å². The second-order valence-electron chi connectivity index (χ2n) is 3.85. The van der Waals surface area contributed by atoms with Gasteiger partial charge in [0.1, 0.15) is 0 Å². The highest BCUT2D eigenvalue weighted by Gasteiger charge is 2.08. The SMILES string of the molecule is COC(O)c1ccc(NC(=O)C(C)C)cc1. The quantitative estimate of drug-likeness (QED) is 0.767. The predicted molar refractivity (Wildman–Crippen MR) is 61.9 cm³/mol. The van der Waals surface area contributed by atoms with Crippen molar-refractivity contribution in [2.24, 2.45) is 5.92 Å². The molecule has 0 radical (unpaired) electrons. The van der Waals surface area contributed by atoms with Crippen LogP contribution in [0.1, 0.15) is 25.7 Å². The molecular weight excluding hydrogens is 206 g/mol. The van der Waals surface area contributed by atoms with E-state index in [-0.39, 0.29) is 11.8 Å². The summed E-state index contributed by atoms with van der Waals surface area (Å²) in [5.41, 5.74) is 1.37. The molecule has 4 heteroatoms. The van der Waals surface area contributed by atoms with E-state index in [1.807, 2.05) is 13.8 Å². The molecule has 0 heterocycles. The molecule has 0 aliphatic heterocycles. The van der Waals surface area contributed by atoms with Gasteiger partial charge in [-0.25, -0.2) is 0 Å². The number of anilines is 1. The van der Waals surface area contributed by atoms with Gasteiger partial charge in [-0.3, -0.25) is 4.79 Å². The van der Waals surface area contributed by atoms with E-state index in [1.54, 1.807) is 24.3 Å². The van der Waals surface area contributed by atoms with Gasteiger partial charge in [-0.05, 0) is 12.1 Å². The lowest BCUT2D eigenvalue weighted by atomic mass is 10.1. The number of methoxy groups -OCH3 is 1. The fraction of sp³-hybridized carbons (Fsp3) is 0.417.